The Bertz CT molecular complexity index is 1630. The molecule has 0 saturated heterocycles. The van der Waals surface area contributed by atoms with Gasteiger partial charge in [-0.15, -0.1) is 0 Å². The van der Waals surface area contributed by atoms with Crippen LogP contribution in [0.25, 0.3) is 16.6 Å². The summed E-state index contributed by atoms with van der Waals surface area (Å²) in [6.07, 6.45) is 0. The van der Waals surface area contributed by atoms with Gasteiger partial charge in [-0.05, 0) is 54.8 Å². The SMILES string of the molecule is COCCN(C(=O)C(c1ccccc1)c1ccccc1)C(C)c1nc2ccccc2c(=O)n1-c1cccc(C)c1. The van der Waals surface area contributed by atoms with Gasteiger partial charge in [-0.2, -0.15) is 0 Å². The van der Waals surface area contributed by atoms with Crippen LogP contribution in [0.1, 0.15) is 41.4 Å². The van der Waals surface area contributed by atoms with Gasteiger partial charge in [-0.25, -0.2) is 4.98 Å². The van der Waals surface area contributed by atoms with Gasteiger partial charge in [0.15, 0.2) is 0 Å². The van der Waals surface area contributed by atoms with Gasteiger partial charge in [0.05, 0.1) is 35.2 Å². The molecule has 0 aliphatic heterocycles. The highest BCUT2D eigenvalue weighted by atomic mass is 16.5. The first-order valence-electron chi connectivity index (χ1n) is 13.5. The minimum atomic E-state index is -0.532. The molecule has 0 bridgehead atoms. The Balaban J connectivity index is 1.69. The average molecular weight is 532 g/mol. The molecule has 1 heterocycles. The molecule has 1 aromatic heterocycles. The number of aryl methyl sites for hydroxylation is 1. The number of ether oxygens (including phenoxy) is 1. The lowest BCUT2D eigenvalue weighted by Crippen LogP contribution is -2.42. The smallest absolute Gasteiger partial charge is 0.266 e. The standard InChI is InChI=1S/C34H33N3O3/c1-24-13-12-18-28(23-24)37-32(35-30-20-11-10-19-29(30)33(37)38)25(2)36(21-22-40-3)34(39)31(26-14-6-4-7-15-26)27-16-8-5-9-17-27/h4-20,23,25,31H,21-22H2,1-3H3. The second kappa shape index (κ2) is 12.1. The monoisotopic (exact) mass is 531 g/mol. The molecule has 0 aliphatic rings. The van der Waals surface area contributed by atoms with Crippen molar-refractivity contribution in [3.05, 3.63) is 142 Å². The third-order valence-corrected chi connectivity index (χ3v) is 7.23. The third kappa shape index (κ3) is 5.44. The number of carbonyl (C=O) groups is 1. The number of benzene rings is 4. The second-order valence-corrected chi connectivity index (χ2v) is 9.92. The van der Waals surface area contributed by atoms with E-state index >= 15 is 0 Å². The van der Waals surface area contributed by atoms with Crippen molar-refractivity contribution in [2.75, 3.05) is 20.3 Å². The highest BCUT2D eigenvalue weighted by Crippen LogP contribution is 2.31. The van der Waals surface area contributed by atoms with Crippen molar-refractivity contribution in [3.8, 4) is 5.69 Å². The van der Waals surface area contributed by atoms with Gasteiger partial charge in [-0.3, -0.25) is 14.2 Å². The van der Waals surface area contributed by atoms with Crippen molar-refractivity contribution in [1.82, 2.24) is 14.5 Å². The summed E-state index contributed by atoms with van der Waals surface area (Å²) in [6, 6.07) is 34.2. The predicted octanol–water partition coefficient (Wildman–Crippen LogP) is 6.06. The fourth-order valence-electron chi connectivity index (χ4n) is 5.20. The molecule has 0 aliphatic carbocycles. The molecule has 0 N–H and O–H groups in total. The van der Waals surface area contributed by atoms with E-state index in [1.54, 1.807) is 22.6 Å². The van der Waals surface area contributed by atoms with Crippen molar-refractivity contribution < 1.29 is 9.53 Å². The van der Waals surface area contributed by atoms with E-state index in [4.69, 9.17) is 9.72 Å². The summed E-state index contributed by atoms with van der Waals surface area (Å²) in [4.78, 5) is 35.3. The summed E-state index contributed by atoms with van der Waals surface area (Å²) in [5, 5.41) is 0.529. The van der Waals surface area contributed by atoms with Crippen LogP contribution in [0.5, 0.6) is 0 Å². The predicted molar refractivity (Wildman–Crippen MR) is 159 cm³/mol. The number of hydrogen-bond acceptors (Lipinski definition) is 4. The maximum Gasteiger partial charge on any atom is 0.266 e. The van der Waals surface area contributed by atoms with Crippen LogP contribution in [0.15, 0.2) is 114 Å². The van der Waals surface area contributed by atoms with Crippen LogP contribution in [-0.4, -0.2) is 40.6 Å². The van der Waals surface area contributed by atoms with Gasteiger partial charge in [0, 0.05) is 13.7 Å². The first-order chi connectivity index (χ1) is 19.5. The molecule has 4 aromatic carbocycles. The Kier molecular flexibility index (Phi) is 8.18. The van der Waals surface area contributed by atoms with Crippen LogP contribution in [0, 0.1) is 6.92 Å². The van der Waals surface area contributed by atoms with E-state index in [1.807, 2.05) is 117 Å². The molecular weight excluding hydrogens is 498 g/mol. The molecule has 202 valence electrons. The highest BCUT2D eigenvalue weighted by Gasteiger charge is 2.33. The molecule has 6 nitrogen and oxygen atoms in total. The molecule has 0 radical (unpaired) electrons. The zero-order chi connectivity index (χ0) is 28.1. The van der Waals surface area contributed by atoms with Crippen LogP contribution >= 0.6 is 0 Å². The molecule has 5 aromatic rings. The van der Waals surface area contributed by atoms with Crippen LogP contribution in [0.2, 0.25) is 0 Å². The van der Waals surface area contributed by atoms with Crippen molar-refractivity contribution in [2.24, 2.45) is 0 Å². The zero-order valence-electron chi connectivity index (χ0n) is 23.0. The summed E-state index contributed by atoms with van der Waals surface area (Å²) in [7, 11) is 1.62. The normalized spacial score (nSPS) is 12.0. The van der Waals surface area contributed by atoms with E-state index in [1.165, 1.54) is 0 Å². The quantitative estimate of drug-likeness (QED) is 0.232. The first kappa shape index (κ1) is 27.0. The van der Waals surface area contributed by atoms with Crippen LogP contribution < -0.4 is 5.56 Å². The Labute approximate surface area is 234 Å². The number of nitrogens with zero attached hydrogens (tertiary/aromatic N) is 3. The molecule has 40 heavy (non-hydrogen) atoms. The second-order valence-electron chi connectivity index (χ2n) is 9.92. The average Bonchev–Trinajstić information content (AvgIpc) is 2.98. The zero-order valence-corrected chi connectivity index (χ0v) is 23.0. The van der Waals surface area contributed by atoms with Crippen LogP contribution in [-0.2, 0) is 9.53 Å². The Morgan fingerprint density at radius 3 is 2.12 bits per heavy atom. The molecular formula is C34H33N3O3. The maximum atomic E-state index is 14.6. The topological polar surface area (TPSA) is 64.4 Å². The van der Waals surface area contributed by atoms with Crippen LogP contribution in [0.3, 0.4) is 0 Å². The number of amides is 1. The van der Waals surface area contributed by atoms with Gasteiger partial charge in [0.1, 0.15) is 5.82 Å². The molecule has 1 unspecified atom stereocenters. The number of hydrogen-bond donors (Lipinski definition) is 0. The van der Waals surface area contributed by atoms with Gasteiger partial charge in [0.25, 0.3) is 5.56 Å². The number of rotatable bonds is 9. The molecule has 0 spiro atoms. The first-order valence-corrected chi connectivity index (χ1v) is 13.5. The van der Waals surface area contributed by atoms with E-state index in [2.05, 4.69) is 0 Å². The summed E-state index contributed by atoms with van der Waals surface area (Å²) < 4.78 is 7.09. The summed E-state index contributed by atoms with van der Waals surface area (Å²) in [5.74, 6) is -0.111. The van der Waals surface area contributed by atoms with E-state index < -0.39 is 12.0 Å². The number of fused-ring (bicyclic) bond motifs is 1. The Morgan fingerprint density at radius 2 is 1.50 bits per heavy atom. The molecule has 6 heteroatoms. The third-order valence-electron chi connectivity index (χ3n) is 7.23. The molecule has 5 rings (SSSR count). The van der Waals surface area contributed by atoms with Gasteiger partial charge in [0.2, 0.25) is 5.91 Å². The largest absolute Gasteiger partial charge is 0.383 e. The number of methoxy groups -OCH3 is 1. The van der Waals surface area contributed by atoms with Crippen molar-refractivity contribution in [2.45, 2.75) is 25.8 Å². The lowest BCUT2D eigenvalue weighted by atomic mass is 9.89. The lowest BCUT2D eigenvalue weighted by Gasteiger charge is -2.33. The van der Waals surface area contributed by atoms with Crippen LogP contribution in [0.4, 0.5) is 0 Å². The molecule has 0 fully saturated rings. The minimum absolute atomic E-state index is 0.0832. The van der Waals surface area contributed by atoms with Crippen molar-refractivity contribution in [1.29, 1.82) is 0 Å². The summed E-state index contributed by atoms with van der Waals surface area (Å²) >= 11 is 0. The van der Waals surface area contributed by atoms with Crippen molar-refractivity contribution in [3.63, 3.8) is 0 Å². The number of carbonyl (C=O) groups excluding carboxylic acids is 1. The van der Waals surface area contributed by atoms with Gasteiger partial charge in [-0.1, -0.05) is 84.9 Å². The van der Waals surface area contributed by atoms with Gasteiger partial charge >= 0.3 is 0 Å². The number of para-hydroxylation sites is 1. The summed E-state index contributed by atoms with van der Waals surface area (Å²) in [5.41, 5.74) is 3.97. The minimum Gasteiger partial charge on any atom is -0.383 e. The van der Waals surface area contributed by atoms with E-state index in [9.17, 15) is 9.59 Å². The molecule has 1 amide bonds. The molecule has 0 saturated carbocycles. The number of aromatic nitrogens is 2. The Hall–Kier alpha value is -4.55. The summed E-state index contributed by atoms with van der Waals surface area (Å²) in [6.45, 7) is 4.60. The highest BCUT2D eigenvalue weighted by molar-refractivity contribution is 5.87. The van der Waals surface area contributed by atoms with E-state index in [0.29, 0.717) is 35.6 Å². The fourth-order valence-corrected chi connectivity index (χ4v) is 5.20. The Morgan fingerprint density at radius 1 is 0.875 bits per heavy atom. The van der Waals surface area contributed by atoms with E-state index in [-0.39, 0.29) is 11.5 Å². The maximum absolute atomic E-state index is 14.6. The molecule has 1 atom stereocenters. The fraction of sp³-hybridized carbons (Fsp3) is 0.206. The van der Waals surface area contributed by atoms with Gasteiger partial charge < -0.3 is 9.64 Å². The van der Waals surface area contributed by atoms with Crippen molar-refractivity contribution >= 4 is 16.8 Å². The lowest BCUT2D eigenvalue weighted by molar-refractivity contribution is -0.135. The van der Waals surface area contributed by atoms with E-state index in [0.717, 1.165) is 16.7 Å².